The van der Waals surface area contributed by atoms with Crippen molar-refractivity contribution in [1.82, 2.24) is 9.88 Å². The highest BCUT2D eigenvalue weighted by Crippen LogP contribution is 2.27. The van der Waals surface area contributed by atoms with Gasteiger partial charge in [0, 0.05) is 43.4 Å². The van der Waals surface area contributed by atoms with Crippen LogP contribution in [0.5, 0.6) is 0 Å². The molecule has 0 N–H and O–H groups in total. The third-order valence-corrected chi connectivity index (χ3v) is 4.64. The molecule has 0 aliphatic carbocycles. The number of hydrogen-bond donors (Lipinski definition) is 0. The van der Waals surface area contributed by atoms with Crippen LogP contribution < -0.4 is 4.90 Å². The zero-order valence-corrected chi connectivity index (χ0v) is 14.0. The molecule has 2 heterocycles. The van der Waals surface area contributed by atoms with Crippen molar-refractivity contribution in [2.45, 2.75) is 19.4 Å². The van der Waals surface area contributed by atoms with Gasteiger partial charge in [0.2, 0.25) is 0 Å². The van der Waals surface area contributed by atoms with Gasteiger partial charge in [0.15, 0.2) is 0 Å². The maximum absolute atomic E-state index is 13.6. The first-order valence-electron chi connectivity index (χ1n) is 8.25. The maximum Gasteiger partial charge on any atom is 0.323 e. The number of carbonyl (C=O) groups excluding carboxylic acids is 1. The van der Waals surface area contributed by atoms with Gasteiger partial charge in [-0.25, -0.2) is 4.39 Å². The number of halogens is 1. The lowest BCUT2D eigenvalue weighted by Crippen LogP contribution is -2.52. The van der Waals surface area contributed by atoms with Crippen LogP contribution in [0.3, 0.4) is 0 Å². The van der Waals surface area contributed by atoms with Crippen molar-refractivity contribution in [2.24, 2.45) is 0 Å². The zero-order valence-electron chi connectivity index (χ0n) is 14.0. The van der Waals surface area contributed by atoms with E-state index in [1.165, 1.54) is 19.2 Å². The van der Waals surface area contributed by atoms with Gasteiger partial charge in [0.05, 0.1) is 12.6 Å². The molecule has 1 saturated heterocycles. The van der Waals surface area contributed by atoms with Crippen molar-refractivity contribution in [3.63, 3.8) is 0 Å². The quantitative estimate of drug-likeness (QED) is 0.805. The highest BCUT2D eigenvalue weighted by Gasteiger charge is 2.28. The number of benzene rings is 1. The van der Waals surface area contributed by atoms with E-state index < -0.39 is 0 Å². The zero-order chi connectivity index (χ0) is 17.1. The second-order valence-corrected chi connectivity index (χ2v) is 5.96. The number of piperazine rings is 1. The van der Waals surface area contributed by atoms with E-state index in [4.69, 9.17) is 4.74 Å². The van der Waals surface area contributed by atoms with E-state index >= 15 is 0 Å². The lowest BCUT2D eigenvalue weighted by Gasteiger charge is -2.39. The Kier molecular flexibility index (Phi) is 4.94. The Morgan fingerprint density at radius 1 is 1.29 bits per heavy atom. The van der Waals surface area contributed by atoms with Gasteiger partial charge in [-0.15, -0.1) is 0 Å². The van der Waals surface area contributed by atoms with Gasteiger partial charge in [-0.3, -0.25) is 14.7 Å². The molecule has 0 saturated carbocycles. The van der Waals surface area contributed by atoms with Crippen molar-refractivity contribution in [3.05, 3.63) is 36.3 Å². The number of nitrogens with zero attached hydrogens (tertiary/aromatic N) is 3. The largest absolute Gasteiger partial charge is 0.468 e. The number of hydrogen-bond acceptors (Lipinski definition) is 5. The Bertz CT molecular complexity index is 729. The molecular weight excluding hydrogens is 309 g/mol. The number of pyridine rings is 1. The summed E-state index contributed by atoms with van der Waals surface area (Å²) in [6, 6.07) is 6.40. The van der Waals surface area contributed by atoms with E-state index in [2.05, 4.69) is 14.8 Å². The summed E-state index contributed by atoms with van der Waals surface area (Å²) in [5, 5.41) is 0.825. The number of methoxy groups -OCH3 is 1. The topological polar surface area (TPSA) is 45.7 Å². The van der Waals surface area contributed by atoms with Crippen molar-refractivity contribution >= 4 is 22.6 Å². The van der Waals surface area contributed by atoms with E-state index in [0.717, 1.165) is 49.2 Å². The van der Waals surface area contributed by atoms with Gasteiger partial charge < -0.3 is 9.64 Å². The first-order valence-corrected chi connectivity index (χ1v) is 8.25. The summed E-state index contributed by atoms with van der Waals surface area (Å²) in [6.45, 7) is 5.10. The summed E-state index contributed by atoms with van der Waals surface area (Å²) in [5.41, 5.74) is 1.78. The van der Waals surface area contributed by atoms with Crippen LogP contribution in [-0.4, -0.2) is 55.2 Å². The van der Waals surface area contributed by atoms with Gasteiger partial charge in [-0.05, 0) is 30.7 Å². The van der Waals surface area contributed by atoms with E-state index in [-0.39, 0.29) is 17.8 Å². The number of aromatic nitrogens is 1. The molecule has 6 heteroatoms. The molecule has 1 atom stereocenters. The highest BCUT2D eigenvalue weighted by atomic mass is 19.1. The smallest absolute Gasteiger partial charge is 0.323 e. The minimum absolute atomic E-state index is 0.178. The molecule has 5 nitrogen and oxygen atoms in total. The van der Waals surface area contributed by atoms with Crippen molar-refractivity contribution < 1.29 is 13.9 Å². The predicted octanol–water partition coefficient (Wildman–Crippen LogP) is 2.45. The number of carbonyl (C=O) groups is 1. The third-order valence-electron chi connectivity index (χ3n) is 4.64. The Balaban J connectivity index is 1.78. The first-order chi connectivity index (χ1) is 11.6. The molecule has 128 valence electrons. The normalized spacial score (nSPS) is 17.0. The Morgan fingerprint density at radius 3 is 2.71 bits per heavy atom. The van der Waals surface area contributed by atoms with Gasteiger partial charge in [0.1, 0.15) is 11.9 Å². The molecule has 0 spiro atoms. The molecule has 1 aliphatic heterocycles. The molecule has 1 aliphatic rings. The van der Waals surface area contributed by atoms with E-state index in [1.807, 2.05) is 13.0 Å². The lowest BCUT2D eigenvalue weighted by molar-refractivity contribution is -0.147. The number of esters is 1. The summed E-state index contributed by atoms with van der Waals surface area (Å²) < 4.78 is 18.5. The van der Waals surface area contributed by atoms with E-state index in [1.54, 1.807) is 12.3 Å². The average molecular weight is 331 g/mol. The van der Waals surface area contributed by atoms with Crippen LogP contribution in [0.25, 0.3) is 10.9 Å². The minimum Gasteiger partial charge on any atom is -0.468 e. The summed E-state index contributed by atoms with van der Waals surface area (Å²) >= 11 is 0. The molecule has 1 aromatic heterocycles. The van der Waals surface area contributed by atoms with Crippen LogP contribution in [0, 0.1) is 5.82 Å². The summed E-state index contributed by atoms with van der Waals surface area (Å²) in [7, 11) is 1.43. The van der Waals surface area contributed by atoms with E-state index in [0.29, 0.717) is 0 Å². The Morgan fingerprint density at radius 2 is 2.04 bits per heavy atom. The van der Waals surface area contributed by atoms with Crippen LogP contribution >= 0.6 is 0 Å². The van der Waals surface area contributed by atoms with Crippen LogP contribution in [0.2, 0.25) is 0 Å². The monoisotopic (exact) mass is 331 g/mol. The average Bonchev–Trinajstić information content (AvgIpc) is 2.62. The molecule has 3 rings (SSSR count). The molecule has 2 aromatic rings. The summed E-state index contributed by atoms with van der Waals surface area (Å²) in [6.07, 6.45) is 2.49. The lowest BCUT2D eigenvalue weighted by atomic mass is 10.1. The van der Waals surface area contributed by atoms with Gasteiger partial charge in [0.25, 0.3) is 0 Å². The Hall–Kier alpha value is -2.21. The molecule has 1 unspecified atom stereocenters. The Labute approximate surface area is 141 Å². The molecule has 0 amide bonds. The fraction of sp³-hybridized carbons (Fsp3) is 0.444. The molecule has 1 fully saturated rings. The first kappa shape index (κ1) is 16.6. The second kappa shape index (κ2) is 7.13. The van der Waals surface area contributed by atoms with Crippen LogP contribution in [0.4, 0.5) is 10.1 Å². The molecule has 24 heavy (non-hydrogen) atoms. The fourth-order valence-corrected chi connectivity index (χ4v) is 3.36. The molecule has 1 aromatic carbocycles. The van der Waals surface area contributed by atoms with Crippen LogP contribution in [-0.2, 0) is 9.53 Å². The molecule has 0 radical (unpaired) electrons. The van der Waals surface area contributed by atoms with Gasteiger partial charge in [-0.2, -0.15) is 0 Å². The number of anilines is 1. The SMILES string of the molecule is CCC(C(=O)OC)N1CCN(c2ccnc3ccc(F)cc23)CC1. The molecular formula is C18H22FN3O2. The van der Waals surface area contributed by atoms with Crippen LogP contribution in [0.1, 0.15) is 13.3 Å². The van der Waals surface area contributed by atoms with Crippen molar-refractivity contribution in [3.8, 4) is 0 Å². The number of fused-ring (bicyclic) bond motifs is 1. The highest BCUT2D eigenvalue weighted by molar-refractivity contribution is 5.91. The number of rotatable bonds is 4. The number of ether oxygens (including phenoxy) is 1. The maximum atomic E-state index is 13.6. The van der Waals surface area contributed by atoms with Gasteiger partial charge in [-0.1, -0.05) is 6.92 Å². The van der Waals surface area contributed by atoms with Crippen LogP contribution in [0.15, 0.2) is 30.5 Å². The summed E-state index contributed by atoms with van der Waals surface area (Å²) in [4.78, 5) is 20.6. The summed E-state index contributed by atoms with van der Waals surface area (Å²) in [5.74, 6) is -0.436. The van der Waals surface area contributed by atoms with Crippen molar-refractivity contribution in [2.75, 3.05) is 38.2 Å². The minimum atomic E-state index is -0.257. The molecule has 0 bridgehead atoms. The third kappa shape index (κ3) is 3.19. The van der Waals surface area contributed by atoms with E-state index in [9.17, 15) is 9.18 Å². The fourth-order valence-electron chi connectivity index (χ4n) is 3.36. The van der Waals surface area contributed by atoms with Gasteiger partial charge >= 0.3 is 5.97 Å². The van der Waals surface area contributed by atoms with Crippen molar-refractivity contribution in [1.29, 1.82) is 0 Å². The predicted molar refractivity (Wildman–Crippen MR) is 91.6 cm³/mol. The standard InChI is InChI=1S/C18H22FN3O2/c1-3-16(18(23)24-2)21-8-10-22(11-9-21)17-6-7-20-15-5-4-13(19)12-14(15)17/h4-7,12,16H,3,8-11H2,1-2H3. The second-order valence-electron chi connectivity index (χ2n) is 5.96.